The van der Waals surface area contributed by atoms with Crippen LogP contribution in [0.2, 0.25) is 0 Å². The summed E-state index contributed by atoms with van der Waals surface area (Å²) >= 11 is 0. The van der Waals surface area contributed by atoms with Crippen molar-refractivity contribution in [2.45, 2.75) is 25.6 Å². The summed E-state index contributed by atoms with van der Waals surface area (Å²) in [6, 6.07) is 3.46. The van der Waals surface area contributed by atoms with Crippen LogP contribution in [0.15, 0.2) is 18.2 Å². The maximum absolute atomic E-state index is 12.6. The molecule has 1 aromatic rings. The summed E-state index contributed by atoms with van der Waals surface area (Å²) in [6.07, 6.45) is -7.59. The first-order chi connectivity index (χ1) is 6.80. The molecule has 0 aromatic heterocycles. The number of aliphatic hydroxyl groups is 1. The monoisotopic (exact) mass is 222 g/mol. The topological polar surface area (TPSA) is 20.2 Å². The van der Waals surface area contributed by atoms with Gasteiger partial charge in [0.1, 0.15) is 5.82 Å². The SMILES string of the molecule is Cc1cc(F)ccc1C[C@@H](O)C(F)(F)F. The van der Waals surface area contributed by atoms with Crippen molar-refractivity contribution in [2.24, 2.45) is 0 Å². The van der Waals surface area contributed by atoms with Gasteiger partial charge in [-0.1, -0.05) is 6.07 Å². The fourth-order valence-corrected chi connectivity index (χ4v) is 1.21. The van der Waals surface area contributed by atoms with Crippen LogP contribution in [0.5, 0.6) is 0 Å². The predicted octanol–water partition coefficient (Wildman–Crippen LogP) is 2.60. The van der Waals surface area contributed by atoms with E-state index in [1.54, 1.807) is 0 Å². The summed E-state index contributed by atoms with van der Waals surface area (Å²) in [4.78, 5) is 0. The van der Waals surface area contributed by atoms with Crippen molar-refractivity contribution in [1.82, 2.24) is 0 Å². The highest BCUT2D eigenvalue weighted by Crippen LogP contribution is 2.24. The molecule has 0 amide bonds. The highest BCUT2D eigenvalue weighted by atomic mass is 19.4. The Kier molecular flexibility index (Phi) is 3.34. The largest absolute Gasteiger partial charge is 0.414 e. The molecule has 5 heteroatoms. The van der Waals surface area contributed by atoms with Gasteiger partial charge < -0.3 is 5.11 Å². The molecule has 0 heterocycles. The number of hydrogen-bond acceptors (Lipinski definition) is 1. The molecule has 0 aliphatic carbocycles. The average molecular weight is 222 g/mol. The van der Waals surface area contributed by atoms with E-state index in [0.29, 0.717) is 11.1 Å². The first kappa shape index (κ1) is 12.0. The summed E-state index contributed by atoms with van der Waals surface area (Å²) in [5.41, 5.74) is 0.694. The first-order valence-corrected chi connectivity index (χ1v) is 4.30. The van der Waals surface area contributed by atoms with Crippen molar-refractivity contribution in [3.8, 4) is 0 Å². The highest BCUT2D eigenvalue weighted by Gasteiger charge is 2.38. The smallest absolute Gasteiger partial charge is 0.383 e. The third-order valence-electron chi connectivity index (χ3n) is 2.10. The predicted molar refractivity (Wildman–Crippen MR) is 46.9 cm³/mol. The zero-order chi connectivity index (χ0) is 11.6. The van der Waals surface area contributed by atoms with Crippen molar-refractivity contribution in [1.29, 1.82) is 0 Å². The molecule has 1 atom stereocenters. The van der Waals surface area contributed by atoms with Crippen molar-refractivity contribution < 1.29 is 22.7 Å². The molecule has 0 aliphatic rings. The summed E-state index contributed by atoms with van der Waals surface area (Å²) in [5.74, 6) is -0.502. The molecule has 84 valence electrons. The lowest BCUT2D eigenvalue weighted by Crippen LogP contribution is -2.30. The molecule has 1 rings (SSSR count). The van der Waals surface area contributed by atoms with Gasteiger partial charge in [-0.2, -0.15) is 13.2 Å². The second-order valence-corrected chi connectivity index (χ2v) is 3.33. The normalized spacial score (nSPS) is 14.0. The maximum atomic E-state index is 12.6. The van der Waals surface area contributed by atoms with Crippen LogP contribution < -0.4 is 0 Å². The lowest BCUT2D eigenvalue weighted by atomic mass is 10.0. The molecule has 0 aliphatic heterocycles. The first-order valence-electron chi connectivity index (χ1n) is 4.30. The zero-order valence-electron chi connectivity index (χ0n) is 7.98. The Morgan fingerprint density at radius 3 is 2.40 bits per heavy atom. The molecule has 0 radical (unpaired) electrons. The molecule has 0 bridgehead atoms. The van der Waals surface area contributed by atoms with Gasteiger partial charge in [-0.05, 0) is 30.2 Å². The van der Waals surface area contributed by atoms with E-state index in [2.05, 4.69) is 0 Å². The molecule has 15 heavy (non-hydrogen) atoms. The number of alkyl halides is 3. The number of aryl methyl sites for hydroxylation is 1. The van der Waals surface area contributed by atoms with Crippen LogP contribution in [0.4, 0.5) is 17.6 Å². The van der Waals surface area contributed by atoms with E-state index < -0.39 is 24.5 Å². The van der Waals surface area contributed by atoms with Gasteiger partial charge in [0.2, 0.25) is 0 Å². The highest BCUT2D eigenvalue weighted by molar-refractivity contribution is 5.27. The quantitative estimate of drug-likeness (QED) is 0.762. The molecule has 0 saturated carbocycles. The van der Waals surface area contributed by atoms with Crippen LogP contribution in [-0.2, 0) is 6.42 Å². The Morgan fingerprint density at radius 2 is 1.93 bits per heavy atom. The Morgan fingerprint density at radius 1 is 1.33 bits per heavy atom. The van der Waals surface area contributed by atoms with Crippen molar-refractivity contribution in [2.75, 3.05) is 0 Å². The lowest BCUT2D eigenvalue weighted by Gasteiger charge is -2.15. The van der Waals surface area contributed by atoms with Gasteiger partial charge >= 0.3 is 6.18 Å². The summed E-state index contributed by atoms with van der Waals surface area (Å²) < 4.78 is 48.7. The molecular weight excluding hydrogens is 212 g/mol. The van der Waals surface area contributed by atoms with Gasteiger partial charge in [0, 0.05) is 6.42 Å². The minimum absolute atomic E-state index is 0.293. The number of hydrogen-bond donors (Lipinski definition) is 1. The van der Waals surface area contributed by atoms with Crippen molar-refractivity contribution in [3.05, 3.63) is 35.1 Å². The Hall–Kier alpha value is -1.10. The Bertz CT molecular complexity index is 346. The number of rotatable bonds is 2. The van der Waals surface area contributed by atoms with E-state index in [0.717, 1.165) is 12.1 Å². The minimum atomic E-state index is -4.64. The van der Waals surface area contributed by atoms with Crippen LogP contribution in [-0.4, -0.2) is 17.4 Å². The molecule has 1 N–H and O–H groups in total. The second-order valence-electron chi connectivity index (χ2n) is 3.33. The average Bonchev–Trinajstić information content (AvgIpc) is 2.08. The van der Waals surface area contributed by atoms with Gasteiger partial charge in [-0.3, -0.25) is 0 Å². The van der Waals surface area contributed by atoms with E-state index in [1.807, 2.05) is 0 Å². The third kappa shape index (κ3) is 3.20. The van der Waals surface area contributed by atoms with E-state index >= 15 is 0 Å². The van der Waals surface area contributed by atoms with Crippen LogP contribution >= 0.6 is 0 Å². The van der Waals surface area contributed by atoms with Gasteiger partial charge in [0.05, 0.1) is 0 Å². The van der Waals surface area contributed by atoms with E-state index in [-0.39, 0.29) is 0 Å². The van der Waals surface area contributed by atoms with Gasteiger partial charge in [-0.25, -0.2) is 4.39 Å². The van der Waals surface area contributed by atoms with Crippen molar-refractivity contribution >= 4 is 0 Å². The molecule has 1 nitrogen and oxygen atoms in total. The van der Waals surface area contributed by atoms with Gasteiger partial charge in [0.25, 0.3) is 0 Å². The van der Waals surface area contributed by atoms with Crippen molar-refractivity contribution in [3.63, 3.8) is 0 Å². The standard InChI is InChI=1S/C10H10F4O/c1-6-4-8(11)3-2-7(6)5-9(15)10(12,13)14/h2-4,9,15H,5H2,1H3/t9-/m1/s1. The zero-order valence-corrected chi connectivity index (χ0v) is 7.98. The maximum Gasteiger partial charge on any atom is 0.414 e. The number of halogens is 4. The molecule has 0 spiro atoms. The van der Waals surface area contributed by atoms with Crippen LogP contribution in [0.3, 0.4) is 0 Å². The Balaban J connectivity index is 2.82. The molecular formula is C10H10F4O. The fourth-order valence-electron chi connectivity index (χ4n) is 1.21. The van der Waals surface area contributed by atoms with E-state index in [4.69, 9.17) is 5.11 Å². The number of aliphatic hydroxyl groups excluding tert-OH is 1. The van der Waals surface area contributed by atoms with Gasteiger partial charge in [0.15, 0.2) is 6.10 Å². The minimum Gasteiger partial charge on any atom is -0.383 e. The lowest BCUT2D eigenvalue weighted by molar-refractivity contribution is -0.203. The summed E-state index contributed by atoms with van der Waals surface area (Å²) in [6.45, 7) is 1.50. The summed E-state index contributed by atoms with van der Waals surface area (Å²) in [7, 11) is 0. The summed E-state index contributed by atoms with van der Waals surface area (Å²) in [5, 5.41) is 8.81. The third-order valence-corrected chi connectivity index (χ3v) is 2.10. The second kappa shape index (κ2) is 4.18. The van der Waals surface area contributed by atoms with E-state index in [1.165, 1.54) is 13.0 Å². The number of benzene rings is 1. The Labute approximate surface area is 84.3 Å². The van der Waals surface area contributed by atoms with Crippen LogP contribution in [0.1, 0.15) is 11.1 Å². The van der Waals surface area contributed by atoms with Gasteiger partial charge in [-0.15, -0.1) is 0 Å². The molecule has 0 saturated heterocycles. The van der Waals surface area contributed by atoms with Crippen LogP contribution in [0.25, 0.3) is 0 Å². The molecule has 1 aromatic carbocycles. The molecule has 0 fully saturated rings. The fraction of sp³-hybridized carbons (Fsp3) is 0.400. The van der Waals surface area contributed by atoms with E-state index in [9.17, 15) is 17.6 Å². The molecule has 0 unspecified atom stereocenters. The van der Waals surface area contributed by atoms with Crippen LogP contribution in [0, 0.1) is 12.7 Å².